The standard InChI is InChI=1S/C29H32N8O/c1-36-12-14-37(15-13-36)19-24-17-31-28(34-24)26-16-25-27(18-30-26)32-21-33-29(25,35-23-10-6-3-7-11-23)38-20-22-8-4-2-5-9-22/h2-11,16-18,21,35H,12-15,19-20H2,1H3,(H,31,34)(H,32,33). The predicted molar refractivity (Wildman–Crippen MR) is 150 cm³/mol. The van der Waals surface area contributed by atoms with Crippen molar-refractivity contribution >= 4 is 17.7 Å². The molecule has 4 heterocycles. The number of hydrogen-bond donors (Lipinski definition) is 3. The number of anilines is 2. The minimum atomic E-state index is -1.15. The average molecular weight is 509 g/mol. The van der Waals surface area contributed by atoms with Gasteiger partial charge in [0.05, 0.1) is 36.6 Å². The molecular weight excluding hydrogens is 476 g/mol. The number of likely N-dealkylation sites (N-methyl/N-ethyl adjacent to an activating group) is 1. The van der Waals surface area contributed by atoms with Crippen LogP contribution in [-0.4, -0.2) is 64.3 Å². The largest absolute Gasteiger partial charge is 0.345 e. The van der Waals surface area contributed by atoms with Crippen LogP contribution in [0.15, 0.2) is 84.1 Å². The average Bonchev–Trinajstić information content (AvgIpc) is 3.43. The molecule has 6 rings (SSSR count). The molecule has 1 fully saturated rings. The molecule has 0 radical (unpaired) electrons. The van der Waals surface area contributed by atoms with Crippen LogP contribution in [-0.2, 0) is 23.7 Å². The summed E-state index contributed by atoms with van der Waals surface area (Å²) in [7, 11) is 2.17. The zero-order valence-corrected chi connectivity index (χ0v) is 21.5. The molecule has 9 heteroatoms. The molecule has 2 aliphatic rings. The van der Waals surface area contributed by atoms with Crippen LogP contribution in [0, 0.1) is 0 Å². The first-order valence-corrected chi connectivity index (χ1v) is 12.9. The Morgan fingerprint density at radius 1 is 0.947 bits per heavy atom. The molecule has 2 aromatic heterocycles. The Balaban J connectivity index is 1.30. The number of aromatic amines is 1. The first-order chi connectivity index (χ1) is 18.7. The maximum absolute atomic E-state index is 6.57. The molecule has 0 saturated carbocycles. The van der Waals surface area contributed by atoms with Crippen molar-refractivity contribution in [2.75, 3.05) is 43.9 Å². The third-order valence-electron chi connectivity index (χ3n) is 6.97. The number of nitrogens with zero attached hydrogens (tertiary/aromatic N) is 5. The summed E-state index contributed by atoms with van der Waals surface area (Å²) in [4.78, 5) is 22.5. The minimum Gasteiger partial charge on any atom is -0.345 e. The molecule has 0 spiro atoms. The van der Waals surface area contributed by atoms with Crippen LogP contribution >= 0.6 is 0 Å². The van der Waals surface area contributed by atoms with Crippen LogP contribution < -0.4 is 10.6 Å². The Bertz CT molecular complexity index is 1380. The molecule has 4 aromatic rings. The number of nitrogens with one attached hydrogen (secondary N) is 3. The second kappa shape index (κ2) is 10.7. The van der Waals surface area contributed by atoms with Crippen molar-refractivity contribution in [3.8, 4) is 11.5 Å². The summed E-state index contributed by atoms with van der Waals surface area (Å²) in [5, 5.41) is 6.76. The molecule has 0 aliphatic carbocycles. The van der Waals surface area contributed by atoms with E-state index in [9.17, 15) is 0 Å². The summed E-state index contributed by atoms with van der Waals surface area (Å²) in [6, 6.07) is 22.1. The number of rotatable bonds is 8. The van der Waals surface area contributed by atoms with Gasteiger partial charge in [-0.2, -0.15) is 0 Å². The van der Waals surface area contributed by atoms with Crippen LogP contribution in [0.1, 0.15) is 16.8 Å². The van der Waals surface area contributed by atoms with Crippen LogP contribution in [0.5, 0.6) is 0 Å². The maximum Gasteiger partial charge on any atom is 0.268 e. The van der Waals surface area contributed by atoms with Crippen LogP contribution in [0.4, 0.5) is 11.4 Å². The summed E-state index contributed by atoms with van der Waals surface area (Å²) in [6.45, 7) is 5.50. The molecule has 9 nitrogen and oxygen atoms in total. The minimum absolute atomic E-state index is 0.380. The molecule has 2 aromatic carbocycles. The van der Waals surface area contributed by atoms with Crippen molar-refractivity contribution in [3.63, 3.8) is 0 Å². The fourth-order valence-electron chi connectivity index (χ4n) is 4.79. The quantitative estimate of drug-likeness (QED) is 0.309. The van der Waals surface area contributed by atoms with Crippen molar-refractivity contribution in [3.05, 3.63) is 95.9 Å². The summed E-state index contributed by atoms with van der Waals surface area (Å²) >= 11 is 0. The zero-order chi connectivity index (χ0) is 25.8. The van der Waals surface area contributed by atoms with Gasteiger partial charge in [-0.25, -0.2) is 9.98 Å². The van der Waals surface area contributed by atoms with Crippen LogP contribution in [0.25, 0.3) is 11.5 Å². The van der Waals surface area contributed by atoms with E-state index in [2.05, 4.69) is 37.4 Å². The summed E-state index contributed by atoms with van der Waals surface area (Å²) in [5.41, 5.74) is 5.43. The van der Waals surface area contributed by atoms with Gasteiger partial charge in [0.1, 0.15) is 5.69 Å². The highest BCUT2D eigenvalue weighted by Gasteiger charge is 2.38. The number of hydrogen-bond acceptors (Lipinski definition) is 8. The van der Waals surface area contributed by atoms with Crippen LogP contribution in [0.2, 0.25) is 0 Å². The Morgan fingerprint density at radius 2 is 1.71 bits per heavy atom. The predicted octanol–water partition coefficient (Wildman–Crippen LogP) is 4.11. The highest BCUT2D eigenvalue weighted by atomic mass is 16.5. The van der Waals surface area contributed by atoms with E-state index in [1.807, 2.05) is 79.1 Å². The van der Waals surface area contributed by atoms with Gasteiger partial charge in [-0.15, -0.1) is 0 Å². The third kappa shape index (κ3) is 5.31. The fourth-order valence-corrected chi connectivity index (χ4v) is 4.79. The zero-order valence-electron chi connectivity index (χ0n) is 21.5. The normalized spacial score (nSPS) is 19.6. The number of aromatic nitrogens is 3. The molecule has 38 heavy (non-hydrogen) atoms. The van der Waals surface area contributed by atoms with Gasteiger partial charge < -0.3 is 25.3 Å². The van der Waals surface area contributed by atoms with Crippen molar-refractivity contribution in [1.29, 1.82) is 0 Å². The molecule has 0 amide bonds. The number of H-pyrrole nitrogens is 1. The topological polar surface area (TPSA) is 93.7 Å². The lowest BCUT2D eigenvalue weighted by Crippen LogP contribution is -2.43. The Hall–Kier alpha value is -4.05. The van der Waals surface area contributed by atoms with E-state index in [4.69, 9.17) is 14.7 Å². The Kier molecular flexibility index (Phi) is 6.87. The van der Waals surface area contributed by atoms with E-state index in [1.165, 1.54) is 0 Å². The van der Waals surface area contributed by atoms with E-state index in [1.54, 1.807) is 6.34 Å². The van der Waals surface area contributed by atoms with Gasteiger partial charge in [-0.1, -0.05) is 48.5 Å². The lowest BCUT2D eigenvalue weighted by Gasteiger charge is -2.35. The first-order valence-electron chi connectivity index (χ1n) is 12.9. The first kappa shape index (κ1) is 24.3. The third-order valence-corrected chi connectivity index (χ3v) is 6.97. The van der Waals surface area contributed by atoms with E-state index >= 15 is 0 Å². The number of fused-ring (bicyclic) bond motifs is 1. The van der Waals surface area contributed by atoms with Gasteiger partial charge in [0.2, 0.25) is 0 Å². The van der Waals surface area contributed by atoms with E-state index in [0.29, 0.717) is 6.61 Å². The fraction of sp³-hybridized carbons (Fsp3) is 0.276. The second-order valence-corrected chi connectivity index (χ2v) is 9.76. The van der Waals surface area contributed by atoms with Gasteiger partial charge in [-0.3, -0.25) is 9.88 Å². The number of piperazine rings is 1. The molecule has 1 atom stereocenters. The van der Waals surface area contributed by atoms with Gasteiger partial charge in [0.15, 0.2) is 5.82 Å². The molecule has 1 saturated heterocycles. The smallest absolute Gasteiger partial charge is 0.268 e. The number of pyridine rings is 1. The summed E-state index contributed by atoms with van der Waals surface area (Å²) < 4.78 is 6.57. The summed E-state index contributed by atoms with van der Waals surface area (Å²) in [6.07, 6.45) is 5.38. The van der Waals surface area contributed by atoms with Crippen molar-refractivity contribution in [2.45, 2.75) is 19.0 Å². The summed E-state index contributed by atoms with van der Waals surface area (Å²) in [5.74, 6) is -0.423. The van der Waals surface area contributed by atoms with Crippen LogP contribution in [0.3, 0.4) is 0 Å². The van der Waals surface area contributed by atoms with Gasteiger partial charge in [0.25, 0.3) is 5.85 Å². The van der Waals surface area contributed by atoms with Gasteiger partial charge in [-0.05, 0) is 30.8 Å². The number of ether oxygens (including phenoxy) is 1. The Labute approximate surface area is 222 Å². The second-order valence-electron chi connectivity index (χ2n) is 9.76. The monoisotopic (exact) mass is 508 g/mol. The molecule has 2 aliphatic heterocycles. The molecular formula is C29H32N8O. The van der Waals surface area contributed by atoms with E-state index in [0.717, 1.165) is 72.4 Å². The molecule has 1 unspecified atom stereocenters. The van der Waals surface area contributed by atoms with Gasteiger partial charge in [0, 0.05) is 44.1 Å². The number of benzene rings is 2. The molecule has 3 N–H and O–H groups in total. The van der Waals surface area contributed by atoms with E-state index < -0.39 is 5.85 Å². The highest BCUT2D eigenvalue weighted by Crippen LogP contribution is 2.38. The number of para-hydroxylation sites is 1. The highest BCUT2D eigenvalue weighted by molar-refractivity contribution is 5.82. The Morgan fingerprint density at radius 3 is 2.50 bits per heavy atom. The number of imidazole rings is 1. The molecule has 194 valence electrons. The van der Waals surface area contributed by atoms with Crippen molar-refractivity contribution in [2.24, 2.45) is 4.99 Å². The number of aliphatic imine (C=N–C) groups is 1. The SMILES string of the molecule is CN1CCN(Cc2cnc(-c3cc4c(cn3)NC=NC4(Nc3ccccc3)OCc3ccccc3)[nH]2)CC1. The molecule has 0 bridgehead atoms. The maximum atomic E-state index is 6.57. The van der Waals surface area contributed by atoms with Crippen molar-refractivity contribution < 1.29 is 4.74 Å². The van der Waals surface area contributed by atoms with Gasteiger partial charge >= 0.3 is 0 Å². The van der Waals surface area contributed by atoms with E-state index in [-0.39, 0.29) is 0 Å². The lowest BCUT2D eigenvalue weighted by molar-refractivity contribution is -0.0335. The van der Waals surface area contributed by atoms with Crippen molar-refractivity contribution in [1.82, 2.24) is 24.8 Å². The lowest BCUT2D eigenvalue weighted by atomic mass is 10.1.